The second-order valence-electron chi connectivity index (χ2n) is 11.1. The molecule has 2 unspecified atom stereocenters. The summed E-state index contributed by atoms with van der Waals surface area (Å²) in [7, 11) is 2.63. The monoisotopic (exact) mass is 522 g/mol. The smallest absolute Gasteiger partial charge is 0.0985 e. The molecule has 0 saturated heterocycles. The highest BCUT2D eigenvalue weighted by atomic mass is 79.9. The van der Waals surface area contributed by atoms with Crippen LogP contribution in [0.5, 0.6) is 0 Å². The van der Waals surface area contributed by atoms with Gasteiger partial charge in [0.05, 0.1) is 25.7 Å². The molecule has 0 aliphatic heterocycles. The minimum Gasteiger partial charge on any atom is -0.321 e. The molecule has 2 atom stereocenters. The first-order valence-corrected chi connectivity index (χ1v) is 15.2. The molecule has 0 heterocycles. The van der Waals surface area contributed by atoms with Gasteiger partial charge in [-0.3, -0.25) is 0 Å². The van der Waals surface area contributed by atoms with Crippen molar-refractivity contribution in [3.8, 4) is 0 Å². The zero-order valence-electron chi connectivity index (χ0n) is 23.4. The zero-order chi connectivity index (χ0) is 24.7. The van der Waals surface area contributed by atoms with E-state index >= 15 is 0 Å². The van der Waals surface area contributed by atoms with E-state index in [1.165, 1.54) is 111 Å². The summed E-state index contributed by atoms with van der Waals surface area (Å²) in [6.45, 7) is 17.3. The normalized spacial score (nSPS) is 15.1. The Kier molecular flexibility index (Phi) is 15.2. The molecule has 0 radical (unpaired) electrons. The van der Waals surface area contributed by atoms with Crippen LogP contribution in [0.2, 0.25) is 0 Å². The maximum atomic E-state index is 3.65. The average Bonchev–Trinajstić information content (AvgIpc) is 2.81. The van der Waals surface area contributed by atoms with Gasteiger partial charge in [0, 0.05) is 10.9 Å². The summed E-state index contributed by atoms with van der Waals surface area (Å²) in [6, 6.07) is 8.92. The highest BCUT2D eigenvalue weighted by Crippen LogP contribution is 2.38. The van der Waals surface area contributed by atoms with Gasteiger partial charge >= 0.3 is 0 Å². The predicted molar refractivity (Wildman–Crippen MR) is 153 cm³/mol. The Hall–Kier alpha value is -0.340. The SMILES string of the molecule is CCCCCC(C)CC[N+](C)(CCC(CC)CC)C(CC)(CC)CCCc1cccc(Br)c1. The lowest BCUT2D eigenvalue weighted by atomic mass is 9.81. The van der Waals surface area contributed by atoms with Crippen LogP contribution in [0, 0.1) is 11.8 Å². The van der Waals surface area contributed by atoms with E-state index in [-0.39, 0.29) is 0 Å². The molecule has 1 nitrogen and oxygen atoms in total. The van der Waals surface area contributed by atoms with E-state index < -0.39 is 0 Å². The van der Waals surface area contributed by atoms with E-state index in [1.54, 1.807) is 0 Å². The molecule has 0 aliphatic carbocycles. The van der Waals surface area contributed by atoms with Crippen LogP contribution < -0.4 is 0 Å². The van der Waals surface area contributed by atoms with Crippen LogP contribution >= 0.6 is 15.9 Å². The van der Waals surface area contributed by atoms with Crippen LogP contribution in [-0.4, -0.2) is 30.2 Å². The van der Waals surface area contributed by atoms with Gasteiger partial charge in [-0.2, -0.15) is 0 Å². The summed E-state index contributed by atoms with van der Waals surface area (Å²) in [4.78, 5) is 0. The number of halogens is 1. The molecule has 2 heteroatoms. The molecule has 0 fully saturated rings. The standard InChI is InChI=1S/C31H57BrN/c1-8-13-14-17-27(6)21-24-33(7,25-22-28(9-2)10-3)31(11-4,12-5)23-16-19-29-18-15-20-30(32)26-29/h15,18,20,26-28H,8-14,16-17,19,21-25H2,1-7H3/q+1. The van der Waals surface area contributed by atoms with E-state index in [1.807, 2.05) is 0 Å². The lowest BCUT2D eigenvalue weighted by Gasteiger charge is -2.52. The average molecular weight is 524 g/mol. The Morgan fingerprint density at radius 3 is 2.12 bits per heavy atom. The molecule has 1 rings (SSSR count). The number of hydrogen-bond acceptors (Lipinski definition) is 0. The van der Waals surface area contributed by atoms with Gasteiger partial charge in [0.2, 0.25) is 0 Å². The molecule has 1 aromatic rings. The van der Waals surface area contributed by atoms with Crippen LogP contribution in [-0.2, 0) is 6.42 Å². The van der Waals surface area contributed by atoms with Gasteiger partial charge in [-0.15, -0.1) is 0 Å². The molecule has 192 valence electrons. The Labute approximate surface area is 216 Å². The fourth-order valence-electron chi connectivity index (χ4n) is 6.09. The number of hydrogen-bond donors (Lipinski definition) is 0. The van der Waals surface area contributed by atoms with Gasteiger partial charge in [0.1, 0.15) is 0 Å². The lowest BCUT2D eigenvalue weighted by molar-refractivity contribution is -0.961. The fraction of sp³-hybridized carbons (Fsp3) is 0.806. The first-order valence-electron chi connectivity index (χ1n) is 14.4. The van der Waals surface area contributed by atoms with E-state index in [2.05, 4.69) is 88.8 Å². The third-order valence-corrected chi connectivity index (χ3v) is 9.55. The van der Waals surface area contributed by atoms with Crippen molar-refractivity contribution in [3.05, 3.63) is 34.3 Å². The van der Waals surface area contributed by atoms with Gasteiger partial charge in [-0.25, -0.2) is 0 Å². The zero-order valence-corrected chi connectivity index (χ0v) is 25.0. The van der Waals surface area contributed by atoms with Crippen LogP contribution in [0.1, 0.15) is 124 Å². The van der Waals surface area contributed by atoms with Crippen molar-refractivity contribution in [1.29, 1.82) is 0 Å². The Morgan fingerprint density at radius 2 is 1.55 bits per heavy atom. The van der Waals surface area contributed by atoms with Gasteiger partial charge < -0.3 is 4.48 Å². The summed E-state index contributed by atoms with van der Waals surface area (Å²) in [5.74, 6) is 1.74. The van der Waals surface area contributed by atoms with Crippen molar-refractivity contribution in [2.45, 2.75) is 131 Å². The van der Waals surface area contributed by atoms with Crippen LogP contribution in [0.4, 0.5) is 0 Å². The maximum Gasteiger partial charge on any atom is 0.0985 e. The van der Waals surface area contributed by atoms with Crippen molar-refractivity contribution in [3.63, 3.8) is 0 Å². The minimum absolute atomic E-state index is 0.404. The van der Waals surface area contributed by atoms with Crippen molar-refractivity contribution >= 4 is 15.9 Å². The first-order chi connectivity index (χ1) is 15.8. The lowest BCUT2D eigenvalue weighted by Crippen LogP contribution is -2.62. The quantitative estimate of drug-likeness (QED) is 0.125. The second-order valence-corrected chi connectivity index (χ2v) is 12.0. The number of quaternary nitrogens is 1. The number of rotatable bonds is 19. The van der Waals surface area contributed by atoms with E-state index in [0.29, 0.717) is 5.54 Å². The third kappa shape index (κ3) is 10.0. The molecule has 0 spiro atoms. The summed E-state index contributed by atoms with van der Waals surface area (Å²) < 4.78 is 2.49. The molecular weight excluding hydrogens is 466 g/mol. The fourth-order valence-corrected chi connectivity index (χ4v) is 6.54. The highest BCUT2D eigenvalue weighted by Gasteiger charge is 2.44. The van der Waals surface area contributed by atoms with E-state index in [9.17, 15) is 0 Å². The summed E-state index contributed by atoms with van der Waals surface area (Å²) in [6.07, 6.45) is 17.4. The number of nitrogens with zero attached hydrogens (tertiary/aromatic N) is 1. The molecule has 0 aromatic heterocycles. The number of aryl methyl sites for hydroxylation is 1. The van der Waals surface area contributed by atoms with E-state index in [0.717, 1.165) is 11.8 Å². The molecule has 33 heavy (non-hydrogen) atoms. The second kappa shape index (κ2) is 16.4. The van der Waals surface area contributed by atoms with Crippen LogP contribution in [0.25, 0.3) is 0 Å². The number of benzene rings is 1. The Morgan fingerprint density at radius 1 is 0.879 bits per heavy atom. The van der Waals surface area contributed by atoms with Gasteiger partial charge in [-0.1, -0.05) is 108 Å². The third-order valence-electron chi connectivity index (χ3n) is 9.06. The predicted octanol–water partition coefficient (Wildman–Crippen LogP) is 10.2. The molecule has 0 saturated carbocycles. The topological polar surface area (TPSA) is 0 Å². The van der Waals surface area contributed by atoms with Crippen molar-refractivity contribution in [2.75, 3.05) is 20.1 Å². The minimum atomic E-state index is 0.404. The number of unbranched alkanes of at least 4 members (excludes halogenated alkanes) is 2. The maximum absolute atomic E-state index is 3.65. The van der Waals surface area contributed by atoms with Crippen molar-refractivity contribution < 1.29 is 4.48 Å². The summed E-state index contributed by atoms with van der Waals surface area (Å²) >= 11 is 3.65. The first kappa shape index (κ1) is 30.7. The summed E-state index contributed by atoms with van der Waals surface area (Å²) in [5, 5.41) is 0. The molecule has 0 bridgehead atoms. The highest BCUT2D eigenvalue weighted by molar-refractivity contribution is 9.10. The largest absolute Gasteiger partial charge is 0.321 e. The van der Waals surface area contributed by atoms with Gasteiger partial charge in [0.25, 0.3) is 0 Å². The molecular formula is C31H57BrN+. The Bertz CT molecular complexity index is 619. The van der Waals surface area contributed by atoms with Crippen molar-refractivity contribution in [2.24, 2.45) is 11.8 Å². The molecule has 0 aliphatic rings. The molecule has 1 aromatic carbocycles. The van der Waals surface area contributed by atoms with E-state index in [4.69, 9.17) is 0 Å². The molecule has 0 N–H and O–H groups in total. The van der Waals surface area contributed by atoms with Crippen molar-refractivity contribution in [1.82, 2.24) is 0 Å². The summed E-state index contributed by atoms with van der Waals surface area (Å²) in [5.41, 5.74) is 1.88. The Balaban J connectivity index is 2.97. The van der Waals surface area contributed by atoms with Crippen LogP contribution in [0.15, 0.2) is 28.7 Å². The van der Waals surface area contributed by atoms with Gasteiger partial charge in [-0.05, 0) is 68.1 Å². The van der Waals surface area contributed by atoms with Gasteiger partial charge in [0.15, 0.2) is 0 Å². The molecule has 0 amide bonds. The van der Waals surface area contributed by atoms with Crippen LogP contribution in [0.3, 0.4) is 0 Å².